The quantitative estimate of drug-likeness (QED) is 0.916. The first-order chi connectivity index (χ1) is 11.6. The van der Waals surface area contributed by atoms with Gasteiger partial charge in [-0.15, -0.1) is 0 Å². The Morgan fingerprint density at radius 3 is 2.79 bits per heavy atom. The van der Waals surface area contributed by atoms with Gasteiger partial charge < -0.3 is 19.5 Å². The highest BCUT2D eigenvalue weighted by atomic mass is 16.3. The molecular weight excluding hydrogens is 306 g/mol. The van der Waals surface area contributed by atoms with Crippen molar-refractivity contribution >= 4 is 11.9 Å². The summed E-state index contributed by atoms with van der Waals surface area (Å²) in [6.45, 7) is 1.51. The van der Waals surface area contributed by atoms with E-state index in [0.717, 1.165) is 11.3 Å². The van der Waals surface area contributed by atoms with Crippen molar-refractivity contribution in [1.82, 2.24) is 15.1 Å². The van der Waals surface area contributed by atoms with Crippen LogP contribution in [-0.4, -0.2) is 41.4 Å². The molecule has 2 aromatic rings. The van der Waals surface area contributed by atoms with Crippen LogP contribution in [0.4, 0.5) is 4.79 Å². The van der Waals surface area contributed by atoms with Crippen LogP contribution in [0.25, 0.3) is 0 Å². The fourth-order valence-corrected chi connectivity index (χ4v) is 2.82. The molecule has 1 saturated heterocycles. The van der Waals surface area contributed by atoms with Crippen LogP contribution in [0.2, 0.25) is 0 Å². The molecule has 0 aliphatic carbocycles. The normalized spacial score (nSPS) is 17.1. The van der Waals surface area contributed by atoms with Crippen LogP contribution < -0.4 is 5.32 Å². The zero-order chi connectivity index (χ0) is 16.9. The van der Waals surface area contributed by atoms with Gasteiger partial charge >= 0.3 is 6.03 Å². The first-order valence-electron chi connectivity index (χ1n) is 7.97. The maximum absolute atomic E-state index is 12.2. The monoisotopic (exact) mass is 327 g/mol. The number of urea groups is 1. The predicted molar refractivity (Wildman–Crippen MR) is 89.0 cm³/mol. The first kappa shape index (κ1) is 16.1. The summed E-state index contributed by atoms with van der Waals surface area (Å²) < 4.78 is 5.24. The van der Waals surface area contributed by atoms with Crippen molar-refractivity contribution < 1.29 is 14.0 Å². The third kappa shape index (κ3) is 3.95. The molecule has 6 nitrogen and oxygen atoms in total. The Bertz CT molecular complexity index is 685. The fourth-order valence-electron chi connectivity index (χ4n) is 2.82. The first-order valence-corrected chi connectivity index (χ1v) is 7.97. The molecule has 24 heavy (non-hydrogen) atoms. The minimum atomic E-state index is -0.203. The SMILES string of the molecule is CN(Cc1ccco1)C(=O)NC1CC(=O)N(Cc2ccccc2)C1. The molecule has 3 amide bonds. The third-order valence-electron chi connectivity index (χ3n) is 4.08. The summed E-state index contributed by atoms with van der Waals surface area (Å²) >= 11 is 0. The Morgan fingerprint density at radius 1 is 1.29 bits per heavy atom. The van der Waals surface area contributed by atoms with E-state index in [9.17, 15) is 9.59 Å². The van der Waals surface area contributed by atoms with Crippen LogP contribution in [0, 0.1) is 0 Å². The summed E-state index contributed by atoms with van der Waals surface area (Å²) in [4.78, 5) is 27.7. The highest BCUT2D eigenvalue weighted by molar-refractivity contribution is 5.81. The van der Waals surface area contributed by atoms with E-state index < -0.39 is 0 Å². The molecule has 0 saturated carbocycles. The lowest BCUT2D eigenvalue weighted by atomic mass is 10.2. The number of nitrogens with zero attached hydrogens (tertiary/aromatic N) is 2. The molecule has 0 spiro atoms. The van der Waals surface area contributed by atoms with E-state index in [1.54, 1.807) is 29.2 Å². The average Bonchev–Trinajstić information content (AvgIpc) is 3.19. The maximum Gasteiger partial charge on any atom is 0.317 e. The van der Waals surface area contributed by atoms with E-state index in [2.05, 4.69) is 5.32 Å². The molecule has 1 fully saturated rings. The van der Waals surface area contributed by atoms with Crippen LogP contribution in [0.3, 0.4) is 0 Å². The van der Waals surface area contributed by atoms with Gasteiger partial charge in [0.2, 0.25) is 5.91 Å². The highest BCUT2D eigenvalue weighted by Crippen LogP contribution is 2.15. The van der Waals surface area contributed by atoms with Crippen molar-refractivity contribution in [1.29, 1.82) is 0 Å². The molecule has 6 heteroatoms. The minimum absolute atomic E-state index is 0.0674. The van der Waals surface area contributed by atoms with Gasteiger partial charge in [-0.1, -0.05) is 30.3 Å². The number of hydrogen-bond acceptors (Lipinski definition) is 3. The van der Waals surface area contributed by atoms with Gasteiger partial charge in [0.15, 0.2) is 0 Å². The van der Waals surface area contributed by atoms with Crippen LogP contribution >= 0.6 is 0 Å². The average molecular weight is 327 g/mol. The van der Waals surface area contributed by atoms with E-state index in [1.807, 2.05) is 36.4 Å². The Labute approximate surface area is 141 Å². The summed E-state index contributed by atoms with van der Waals surface area (Å²) in [6, 6.07) is 13.1. The number of benzene rings is 1. The van der Waals surface area contributed by atoms with E-state index in [4.69, 9.17) is 4.42 Å². The summed E-state index contributed by atoms with van der Waals surface area (Å²) in [5.74, 6) is 0.790. The van der Waals surface area contributed by atoms with Crippen molar-refractivity contribution in [3.63, 3.8) is 0 Å². The van der Waals surface area contributed by atoms with E-state index >= 15 is 0 Å². The lowest BCUT2D eigenvalue weighted by molar-refractivity contribution is -0.128. The van der Waals surface area contributed by atoms with Crippen molar-refractivity contribution in [3.8, 4) is 0 Å². The number of nitrogens with one attached hydrogen (secondary N) is 1. The zero-order valence-corrected chi connectivity index (χ0v) is 13.6. The highest BCUT2D eigenvalue weighted by Gasteiger charge is 2.31. The molecule has 1 aliphatic heterocycles. The largest absolute Gasteiger partial charge is 0.467 e. The summed E-state index contributed by atoms with van der Waals surface area (Å²) in [7, 11) is 1.70. The van der Waals surface area contributed by atoms with E-state index in [-0.39, 0.29) is 18.0 Å². The topological polar surface area (TPSA) is 65.8 Å². The Hall–Kier alpha value is -2.76. The lowest BCUT2D eigenvalue weighted by Gasteiger charge is -2.20. The second kappa shape index (κ2) is 7.21. The third-order valence-corrected chi connectivity index (χ3v) is 4.08. The number of hydrogen-bond donors (Lipinski definition) is 1. The number of amides is 3. The van der Waals surface area contributed by atoms with Gasteiger partial charge in [0.05, 0.1) is 18.8 Å². The van der Waals surface area contributed by atoms with Gasteiger partial charge in [0.1, 0.15) is 5.76 Å². The second-order valence-corrected chi connectivity index (χ2v) is 6.05. The smallest absolute Gasteiger partial charge is 0.317 e. The zero-order valence-electron chi connectivity index (χ0n) is 13.6. The predicted octanol–water partition coefficient (Wildman–Crippen LogP) is 2.22. The number of likely N-dealkylation sites (tertiary alicyclic amines) is 1. The van der Waals surface area contributed by atoms with Crippen LogP contribution in [-0.2, 0) is 17.9 Å². The van der Waals surface area contributed by atoms with Gasteiger partial charge in [-0.3, -0.25) is 4.79 Å². The summed E-state index contributed by atoms with van der Waals surface area (Å²) in [5, 5.41) is 2.92. The number of carbonyl (C=O) groups excluding carboxylic acids is 2. The van der Waals surface area contributed by atoms with Gasteiger partial charge in [-0.05, 0) is 17.7 Å². The summed E-state index contributed by atoms with van der Waals surface area (Å²) in [6.07, 6.45) is 1.92. The summed E-state index contributed by atoms with van der Waals surface area (Å²) in [5.41, 5.74) is 1.09. The van der Waals surface area contributed by atoms with Crippen molar-refractivity contribution in [2.75, 3.05) is 13.6 Å². The Kier molecular flexibility index (Phi) is 4.84. The Morgan fingerprint density at radius 2 is 2.08 bits per heavy atom. The van der Waals surface area contributed by atoms with Crippen LogP contribution in [0.15, 0.2) is 53.1 Å². The van der Waals surface area contributed by atoms with E-state index in [0.29, 0.717) is 26.1 Å². The molecule has 1 atom stereocenters. The molecule has 1 aliphatic rings. The molecule has 1 aromatic heterocycles. The molecule has 1 aromatic carbocycles. The molecule has 1 unspecified atom stereocenters. The lowest BCUT2D eigenvalue weighted by Crippen LogP contribution is -2.43. The van der Waals surface area contributed by atoms with Gasteiger partial charge in [-0.25, -0.2) is 4.79 Å². The molecular formula is C18H21N3O3. The van der Waals surface area contributed by atoms with Crippen molar-refractivity contribution in [2.24, 2.45) is 0 Å². The number of rotatable bonds is 5. The number of furan rings is 1. The molecule has 126 valence electrons. The van der Waals surface area contributed by atoms with Gasteiger partial charge in [0.25, 0.3) is 0 Å². The molecule has 1 N–H and O–H groups in total. The fraction of sp³-hybridized carbons (Fsp3) is 0.333. The molecule has 3 rings (SSSR count). The maximum atomic E-state index is 12.2. The number of carbonyl (C=O) groups is 2. The molecule has 0 radical (unpaired) electrons. The minimum Gasteiger partial charge on any atom is -0.467 e. The molecule has 2 heterocycles. The molecule has 0 bridgehead atoms. The van der Waals surface area contributed by atoms with Crippen molar-refractivity contribution in [3.05, 3.63) is 60.1 Å². The standard InChI is InChI=1S/C18H21N3O3/c1-20(13-16-8-5-9-24-16)18(23)19-15-10-17(22)21(12-15)11-14-6-3-2-4-7-14/h2-9,15H,10-13H2,1H3,(H,19,23). The van der Waals surface area contributed by atoms with Crippen LogP contribution in [0.1, 0.15) is 17.7 Å². The second-order valence-electron chi connectivity index (χ2n) is 6.05. The van der Waals surface area contributed by atoms with E-state index in [1.165, 1.54) is 0 Å². The Balaban J connectivity index is 1.51. The van der Waals surface area contributed by atoms with Crippen molar-refractivity contribution in [2.45, 2.75) is 25.6 Å². The van der Waals surface area contributed by atoms with Gasteiger partial charge in [0, 0.05) is 26.6 Å². The van der Waals surface area contributed by atoms with Crippen LogP contribution in [0.5, 0.6) is 0 Å². The van der Waals surface area contributed by atoms with Gasteiger partial charge in [-0.2, -0.15) is 0 Å².